The van der Waals surface area contributed by atoms with Gasteiger partial charge in [-0.25, -0.2) is 8.42 Å². The number of amides is 1. The molecule has 2 N–H and O–H groups in total. The first-order chi connectivity index (χ1) is 22.9. The highest BCUT2D eigenvalue weighted by Crippen LogP contribution is 2.40. The second-order valence-corrected chi connectivity index (χ2v) is 15.5. The zero-order valence-electron chi connectivity index (χ0n) is 27.0. The van der Waals surface area contributed by atoms with Gasteiger partial charge in [0, 0.05) is 56.0 Å². The third-order valence-corrected chi connectivity index (χ3v) is 11.9. The molecular formula is C36H42F3N3O5S. The molecule has 0 bridgehead atoms. The van der Waals surface area contributed by atoms with Gasteiger partial charge >= 0.3 is 6.18 Å². The molecule has 258 valence electrons. The number of carbonyl (C=O) groups is 1. The fourth-order valence-corrected chi connectivity index (χ4v) is 8.29. The molecule has 0 aliphatic carbocycles. The number of halogens is 3. The molecule has 3 fully saturated rings. The van der Waals surface area contributed by atoms with E-state index in [4.69, 9.17) is 4.74 Å². The van der Waals surface area contributed by atoms with E-state index in [1.165, 1.54) is 12.1 Å². The number of rotatable bonds is 10. The van der Waals surface area contributed by atoms with Crippen molar-refractivity contribution in [3.63, 3.8) is 0 Å². The lowest BCUT2D eigenvalue weighted by molar-refractivity contribution is -0.137. The van der Waals surface area contributed by atoms with Crippen LogP contribution in [0.2, 0.25) is 0 Å². The fraction of sp³-hybridized carbons (Fsp3) is 0.472. The van der Waals surface area contributed by atoms with Gasteiger partial charge in [-0.2, -0.15) is 13.2 Å². The molecule has 48 heavy (non-hydrogen) atoms. The Kier molecular flexibility index (Phi) is 9.90. The number of nitrogens with zero attached hydrogens (tertiary/aromatic N) is 2. The lowest BCUT2D eigenvalue weighted by Crippen LogP contribution is -2.41. The average molecular weight is 686 g/mol. The molecular weight excluding hydrogens is 643 g/mol. The van der Waals surface area contributed by atoms with Crippen LogP contribution in [-0.2, 0) is 20.8 Å². The molecule has 6 rings (SSSR count). The summed E-state index contributed by atoms with van der Waals surface area (Å²) in [7, 11) is -3.37. The monoisotopic (exact) mass is 685 g/mol. The molecule has 3 heterocycles. The van der Waals surface area contributed by atoms with Gasteiger partial charge in [0.2, 0.25) is 0 Å². The van der Waals surface area contributed by atoms with Crippen molar-refractivity contribution in [3.05, 3.63) is 95.1 Å². The van der Waals surface area contributed by atoms with Crippen LogP contribution in [0.4, 0.5) is 18.9 Å². The molecule has 0 radical (unpaired) electrons. The SMILES string of the molecule is CCS(=O)(=O)c1ccc([C@H](CO)NC(=O)c2ccc(N3CC(c4ccc(C(F)(F)F)cc4)C[C@H]3CN3CCC4(CCCO4)C3)cc2)cc1. The summed E-state index contributed by atoms with van der Waals surface area (Å²) in [6.45, 7) is 5.26. The number of aliphatic hydroxyl groups is 1. The van der Waals surface area contributed by atoms with E-state index >= 15 is 0 Å². The van der Waals surface area contributed by atoms with E-state index in [1.54, 1.807) is 43.3 Å². The van der Waals surface area contributed by atoms with Crippen LogP contribution in [0.5, 0.6) is 0 Å². The van der Waals surface area contributed by atoms with E-state index in [0.717, 1.165) is 75.3 Å². The van der Waals surface area contributed by atoms with E-state index < -0.39 is 27.6 Å². The normalized spacial score (nSPS) is 24.0. The van der Waals surface area contributed by atoms with Crippen LogP contribution in [0.3, 0.4) is 0 Å². The highest BCUT2D eigenvalue weighted by atomic mass is 32.2. The van der Waals surface area contributed by atoms with Gasteiger partial charge in [-0.05, 0) is 85.3 Å². The zero-order valence-corrected chi connectivity index (χ0v) is 27.8. The van der Waals surface area contributed by atoms with Crippen LogP contribution >= 0.6 is 0 Å². The highest BCUT2D eigenvalue weighted by Gasteiger charge is 2.43. The number of anilines is 1. The molecule has 8 nitrogen and oxygen atoms in total. The van der Waals surface area contributed by atoms with Crippen LogP contribution in [0.1, 0.15) is 71.6 Å². The molecule has 2 unspecified atom stereocenters. The zero-order chi connectivity index (χ0) is 34.1. The van der Waals surface area contributed by atoms with E-state index in [9.17, 15) is 31.5 Å². The Balaban J connectivity index is 1.17. The van der Waals surface area contributed by atoms with Gasteiger partial charge in [-0.15, -0.1) is 0 Å². The topological polar surface area (TPSA) is 99.2 Å². The maximum atomic E-state index is 13.2. The second kappa shape index (κ2) is 13.8. The van der Waals surface area contributed by atoms with Gasteiger partial charge in [-0.1, -0.05) is 31.2 Å². The van der Waals surface area contributed by atoms with Crippen molar-refractivity contribution in [1.29, 1.82) is 0 Å². The number of sulfone groups is 1. The number of alkyl halides is 3. The number of likely N-dealkylation sites (tertiary alicyclic amines) is 1. The summed E-state index contributed by atoms with van der Waals surface area (Å²) in [5, 5.41) is 12.9. The molecule has 0 saturated carbocycles. The number of ether oxygens (including phenoxy) is 1. The van der Waals surface area contributed by atoms with Gasteiger partial charge in [0.15, 0.2) is 9.84 Å². The van der Waals surface area contributed by atoms with E-state index in [0.29, 0.717) is 17.7 Å². The third kappa shape index (κ3) is 7.41. The lowest BCUT2D eigenvalue weighted by Gasteiger charge is -2.31. The summed E-state index contributed by atoms with van der Waals surface area (Å²) in [6.07, 6.45) is -0.450. The quantitative estimate of drug-likeness (QED) is 0.288. The Morgan fingerprint density at radius 2 is 1.75 bits per heavy atom. The first-order valence-electron chi connectivity index (χ1n) is 16.5. The Labute approximate surface area is 279 Å². The van der Waals surface area contributed by atoms with Crippen molar-refractivity contribution < 1.29 is 36.2 Å². The van der Waals surface area contributed by atoms with Crippen molar-refractivity contribution in [2.24, 2.45) is 0 Å². The molecule has 4 atom stereocenters. The maximum Gasteiger partial charge on any atom is 0.416 e. The number of hydrogen-bond donors (Lipinski definition) is 2. The largest absolute Gasteiger partial charge is 0.416 e. The molecule has 1 spiro atoms. The number of aliphatic hydroxyl groups excluding tert-OH is 1. The predicted octanol–water partition coefficient (Wildman–Crippen LogP) is 5.58. The number of benzene rings is 3. The Bertz CT molecular complexity index is 1680. The van der Waals surface area contributed by atoms with Crippen molar-refractivity contribution in [3.8, 4) is 0 Å². The predicted molar refractivity (Wildman–Crippen MR) is 177 cm³/mol. The standard InChI is InChI=1S/C36H42F3N3O5S/c1-2-48(45,46)32-14-8-26(9-15-32)33(23-43)40-34(44)27-6-12-30(13-7-27)42-21-28(25-4-10-29(11-5-25)36(37,38)39)20-31(42)22-41-18-17-35(24-41)16-3-19-47-35/h4-15,28,31,33,43H,2-3,16-24H2,1H3,(H,40,44)/t28?,31-,33-,35?/m0/s1. The smallest absolute Gasteiger partial charge is 0.394 e. The van der Waals surface area contributed by atoms with Crippen molar-refractivity contribution >= 4 is 21.4 Å². The first-order valence-corrected chi connectivity index (χ1v) is 18.2. The van der Waals surface area contributed by atoms with Gasteiger partial charge in [-0.3, -0.25) is 9.69 Å². The minimum atomic E-state index is -4.38. The van der Waals surface area contributed by atoms with E-state index in [1.807, 2.05) is 12.1 Å². The van der Waals surface area contributed by atoms with Crippen molar-refractivity contribution in [2.75, 3.05) is 50.0 Å². The van der Waals surface area contributed by atoms with Crippen LogP contribution < -0.4 is 10.2 Å². The summed E-state index contributed by atoms with van der Waals surface area (Å²) >= 11 is 0. The molecule has 12 heteroatoms. The minimum absolute atomic E-state index is 0.0235. The van der Waals surface area contributed by atoms with Gasteiger partial charge in [0.1, 0.15) is 0 Å². The summed E-state index contributed by atoms with van der Waals surface area (Å²) < 4.78 is 70.2. The summed E-state index contributed by atoms with van der Waals surface area (Å²) in [5.41, 5.74) is 2.06. The second-order valence-electron chi connectivity index (χ2n) is 13.2. The summed E-state index contributed by atoms with van der Waals surface area (Å²) in [5.74, 6) is -0.362. The Morgan fingerprint density at radius 1 is 1.04 bits per heavy atom. The third-order valence-electron chi connectivity index (χ3n) is 10.1. The molecule has 3 aliphatic heterocycles. The average Bonchev–Trinajstić information content (AvgIpc) is 3.84. The van der Waals surface area contributed by atoms with Gasteiger partial charge in [0.25, 0.3) is 5.91 Å². The summed E-state index contributed by atoms with van der Waals surface area (Å²) in [4.78, 5) is 18.1. The van der Waals surface area contributed by atoms with Crippen LogP contribution in [0.25, 0.3) is 0 Å². The lowest BCUT2D eigenvalue weighted by atomic mass is 9.95. The first kappa shape index (κ1) is 34.4. The Hall–Kier alpha value is -3.45. The molecule has 3 aromatic rings. The van der Waals surface area contributed by atoms with Gasteiger partial charge < -0.3 is 20.1 Å². The molecule has 1 amide bonds. The highest BCUT2D eigenvalue weighted by molar-refractivity contribution is 7.91. The maximum absolute atomic E-state index is 13.2. The van der Waals surface area contributed by atoms with Gasteiger partial charge in [0.05, 0.1) is 34.5 Å². The van der Waals surface area contributed by atoms with Crippen molar-refractivity contribution in [1.82, 2.24) is 10.2 Å². The molecule has 0 aromatic heterocycles. The number of carbonyl (C=O) groups excluding carboxylic acids is 1. The fourth-order valence-electron chi connectivity index (χ4n) is 7.40. The Morgan fingerprint density at radius 3 is 2.35 bits per heavy atom. The summed E-state index contributed by atoms with van der Waals surface area (Å²) in [6, 6.07) is 18.3. The molecule has 3 saturated heterocycles. The van der Waals surface area contributed by atoms with Crippen molar-refractivity contribution in [2.45, 2.75) is 67.3 Å². The van der Waals surface area contributed by atoms with Crippen LogP contribution in [0, 0.1) is 0 Å². The minimum Gasteiger partial charge on any atom is -0.394 e. The van der Waals surface area contributed by atoms with Crippen LogP contribution in [-0.4, -0.2) is 81.1 Å². The number of nitrogens with one attached hydrogen (secondary N) is 1. The van der Waals surface area contributed by atoms with E-state index in [2.05, 4.69) is 15.1 Å². The van der Waals surface area contributed by atoms with Crippen LogP contribution in [0.15, 0.2) is 77.7 Å². The number of hydrogen-bond acceptors (Lipinski definition) is 7. The van der Waals surface area contributed by atoms with E-state index in [-0.39, 0.29) is 40.7 Å². The molecule has 3 aliphatic rings. The molecule has 3 aromatic carbocycles.